The quantitative estimate of drug-likeness (QED) is 0.710. The number of ether oxygens (including phenoxy) is 2. The summed E-state index contributed by atoms with van der Waals surface area (Å²) in [4.78, 5) is 26.5. The van der Waals surface area contributed by atoms with Crippen molar-refractivity contribution in [1.29, 1.82) is 0 Å². The van der Waals surface area contributed by atoms with E-state index in [2.05, 4.69) is 0 Å². The summed E-state index contributed by atoms with van der Waals surface area (Å²) in [6, 6.07) is 14.9. The molecule has 0 atom stereocenters. The lowest BCUT2D eigenvalue weighted by Gasteiger charge is -2.12. The molecule has 2 aromatic rings. The van der Waals surface area contributed by atoms with Gasteiger partial charge in [-0.25, -0.2) is 0 Å². The van der Waals surface area contributed by atoms with Crippen LogP contribution in [0.25, 0.3) is 6.08 Å². The van der Waals surface area contributed by atoms with Gasteiger partial charge in [-0.2, -0.15) is 0 Å². The third-order valence-corrected chi connectivity index (χ3v) is 4.75. The average Bonchev–Trinajstić information content (AvgIpc) is 2.91. The molecule has 0 unspecified atom stereocenters. The Morgan fingerprint density at radius 1 is 1.08 bits per heavy atom. The number of amides is 2. The van der Waals surface area contributed by atoms with Gasteiger partial charge in [-0.3, -0.25) is 14.5 Å². The topological polar surface area (TPSA) is 55.8 Å². The van der Waals surface area contributed by atoms with Crippen LogP contribution >= 0.6 is 11.8 Å². The predicted octanol–water partition coefficient (Wildman–Crippen LogP) is 4.33. The largest absolute Gasteiger partial charge is 0.493 e. The molecule has 1 aliphatic heterocycles. The van der Waals surface area contributed by atoms with Gasteiger partial charge < -0.3 is 9.47 Å². The summed E-state index contributed by atoms with van der Waals surface area (Å²) in [6.45, 7) is 2.67. The second-order valence-electron chi connectivity index (χ2n) is 5.60. The molecule has 0 aliphatic carbocycles. The maximum atomic E-state index is 12.6. The minimum atomic E-state index is -0.280. The van der Waals surface area contributed by atoms with E-state index in [1.165, 1.54) is 4.90 Å². The highest BCUT2D eigenvalue weighted by molar-refractivity contribution is 8.18. The monoisotopic (exact) mass is 369 g/mol. The number of rotatable bonds is 6. The summed E-state index contributed by atoms with van der Waals surface area (Å²) in [5, 5.41) is -0.261. The zero-order chi connectivity index (χ0) is 18.5. The van der Waals surface area contributed by atoms with E-state index in [1.54, 1.807) is 25.3 Å². The number of thioether (sulfide) groups is 1. The van der Waals surface area contributed by atoms with Gasteiger partial charge in [0.1, 0.15) is 0 Å². The van der Waals surface area contributed by atoms with Gasteiger partial charge in [0, 0.05) is 0 Å². The van der Waals surface area contributed by atoms with Crippen molar-refractivity contribution >= 4 is 29.0 Å². The highest BCUT2D eigenvalue weighted by Crippen LogP contribution is 2.35. The number of benzene rings is 2. The van der Waals surface area contributed by atoms with Crippen LogP contribution in [-0.2, 0) is 11.3 Å². The van der Waals surface area contributed by atoms with Crippen molar-refractivity contribution in [2.75, 3.05) is 13.7 Å². The summed E-state index contributed by atoms with van der Waals surface area (Å²) in [6.07, 6.45) is 1.71. The molecule has 1 saturated heterocycles. The molecule has 0 aromatic heterocycles. The van der Waals surface area contributed by atoms with Crippen molar-refractivity contribution < 1.29 is 19.1 Å². The van der Waals surface area contributed by atoms with Crippen molar-refractivity contribution in [3.05, 3.63) is 64.6 Å². The van der Waals surface area contributed by atoms with Crippen LogP contribution in [-0.4, -0.2) is 29.8 Å². The van der Waals surface area contributed by atoms with E-state index in [0.29, 0.717) is 23.0 Å². The molecule has 3 rings (SSSR count). The molecule has 0 radical (unpaired) electrons. The minimum Gasteiger partial charge on any atom is -0.493 e. The van der Waals surface area contributed by atoms with E-state index in [9.17, 15) is 9.59 Å². The molecular formula is C20H19NO4S. The maximum Gasteiger partial charge on any atom is 0.293 e. The molecule has 1 fully saturated rings. The lowest BCUT2D eigenvalue weighted by molar-refractivity contribution is -0.123. The molecule has 6 heteroatoms. The Hall–Kier alpha value is -2.73. The van der Waals surface area contributed by atoms with Crippen LogP contribution in [0.15, 0.2) is 53.4 Å². The minimum absolute atomic E-state index is 0.261. The second-order valence-corrected chi connectivity index (χ2v) is 6.59. The van der Waals surface area contributed by atoms with Crippen LogP contribution in [0.2, 0.25) is 0 Å². The maximum absolute atomic E-state index is 12.6. The first-order valence-corrected chi connectivity index (χ1v) is 9.04. The van der Waals surface area contributed by atoms with E-state index in [-0.39, 0.29) is 17.7 Å². The van der Waals surface area contributed by atoms with Crippen molar-refractivity contribution in [2.24, 2.45) is 0 Å². The first-order chi connectivity index (χ1) is 12.6. The molecule has 2 aromatic carbocycles. The lowest BCUT2D eigenvalue weighted by Crippen LogP contribution is -2.27. The summed E-state index contributed by atoms with van der Waals surface area (Å²) in [7, 11) is 1.58. The third-order valence-electron chi connectivity index (χ3n) is 3.84. The van der Waals surface area contributed by atoms with Crippen LogP contribution in [0.3, 0.4) is 0 Å². The van der Waals surface area contributed by atoms with Gasteiger partial charge in [0.05, 0.1) is 25.2 Å². The van der Waals surface area contributed by atoms with Gasteiger partial charge in [-0.15, -0.1) is 0 Å². The van der Waals surface area contributed by atoms with Crippen LogP contribution in [0.5, 0.6) is 11.5 Å². The Kier molecular flexibility index (Phi) is 5.63. The Morgan fingerprint density at radius 3 is 2.54 bits per heavy atom. The van der Waals surface area contributed by atoms with E-state index in [1.807, 2.05) is 43.3 Å². The number of imide groups is 1. The van der Waals surface area contributed by atoms with Gasteiger partial charge in [0.15, 0.2) is 11.5 Å². The second kappa shape index (κ2) is 8.10. The number of methoxy groups -OCH3 is 1. The van der Waals surface area contributed by atoms with Gasteiger partial charge in [-0.1, -0.05) is 36.4 Å². The molecule has 0 saturated carbocycles. The lowest BCUT2D eigenvalue weighted by atomic mass is 10.1. The van der Waals surface area contributed by atoms with E-state index in [4.69, 9.17) is 9.47 Å². The standard InChI is InChI=1S/C20H19NO4S/c1-3-25-17-11-15(9-10-16(17)24-2)12-18-19(22)21(20(23)26-18)13-14-7-5-4-6-8-14/h4-12H,3,13H2,1-2H3/b18-12+. The molecule has 0 N–H and O–H groups in total. The Morgan fingerprint density at radius 2 is 1.85 bits per heavy atom. The van der Waals surface area contributed by atoms with Gasteiger partial charge >= 0.3 is 0 Å². The number of carbonyl (C=O) groups excluding carboxylic acids is 2. The van der Waals surface area contributed by atoms with Gasteiger partial charge in [0.2, 0.25) is 0 Å². The van der Waals surface area contributed by atoms with Gasteiger partial charge in [0.25, 0.3) is 11.1 Å². The van der Waals surface area contributed by atoms with Crippen LogP contribution in [0.4, 0.5) is 4.79 Å². The number of hydrogen-bond donors (Lipinski definition) is 0. The molecule has 0 bridgehead atoms. The molecule has 1 aliphatic rings. The normalized spacial score (nSPS) is 15.6. The van der Waals surface area contributed by atoms with Crippen LogP contribution in [0, 0.1) is 0 Å². The summed E-state index contributed by atoms with van der Waals surface area (Å²) in [5.41, 5.74) is 1.69. The fraction of sp³-hybridized carbons (Fsp3) is 0.200. The molecule has 1 heterocycles. The summed E-state index contributed by atoms with van der Waals surface area (Å²) >= 11 is 0.952. The third kappa shape index (κ3) is 3.91. The van der Waals surface area contributed by atoms with Gasteiger partial charge in [-0.05, 0) is 48.0 Å². The van der Waals surface area contributed by atoms with Crippen molar-refractivity contribution in [1.82, 2.24) is 4.90 Å². The molecule has 26 heavy (non-hydrogen) atoms. The first kappa shape index (κ1) is 18.1. The molecule has 0 spiro atoms. The summed E-state index contributed by atoms with van der Waals surface area (Å²) in [5.74, 6) is 0.950. The molecule has 2 amide bonds. The Balaban J connectivity index is 1.82. The highest BCUT2D eigenvalue weighted by Gasteiger charge is 2.34. The van der Waals surface area contributed by atoms with Crippen LogP contribution in [0.1, 0.15) is 18.1 Å². The zero-order valence-corrected chi connectivity index (χ0v) is 15.4. The smallest absolute Gasteiger partial charge is 0.293 e. The number of nitrogens with zero attached hydrogens (tertiary/aromatic N) is 1. The predicted molar refractivity (Wildman–Crippen MR) is 102 cm³/mol. The summed E-state index contributed by atoms with van der Waals surface area (Å²) < 4.78 is 10.8. The van der Waals surface area contributed by atoms with E-state index in [0.717, 1.165) is 22.9 Å². The average molecular weight is 369 g/mol. The number of hydrogen-bond acceptors (Lipinski definition) is 5. The van der Waals surface area contributed by atoms with Crippen molar-refractivity contribution in [3.63, 3.8) is 0 Å². The molecular weight excluding hydrogens is 350 g/mol. The number of carbonyl (C=O) groups is 2. The van der Waals surface area contributed by atoms with Crippen molar-refractivity contribution in [3.8, 4) is 11.5 Å². The van der Waals surface area contributed by atoms with E-state index < -0.39 is 0 Å². The fourth-order valence-electron chi connectivity index (χ4n) is 2.61. The molecule has 5 nitrogen and oxygen atoms in total. The Labute approximate surface area is 156 Å². The van der Waals surface area contributed by atoms with E-state index >= 15 is 0 Å². The molecule has 134 valence electrons. The fourth-order valence-corrected chi connectivity index (χ4v) is 3.44. The highest BCUT2D eigenvalue weighted by atomic mass is 32.2. The SMILES string of the molecule is CCOc1cc(/C=C2/SC(=O)N(Cc3ccccc3)C2=O)ccc1OC. The Bertz CT molecular complexity index is 848. The van der Waals surface area contributed by atoms with Crippen molar-refractivity contribution in [2.45, 2.75) is 13.5 Å². The first-order valence-electron chi connectivity index (χ1n) is 8.22. The zero-order valence-electron chi connectivity index (χ0n) is 14.6. The van der Waals surface area contributed by atoms with Crippen LogP contribution < -0.4 is 9.47 Å².